The van der Waals surface area contributed by atoms with Gasteiger partial charge in [0, 0.05) is 6.54 Å². The van der Waals surface area contributed by atoms with Gasteiger partial charge in [-0.25, -0.2) is 18.4 Å². The van der Waals surface area contributed by atoms with Gasteiger partial charge in [-0.05, 0) is 30.9 Å². The maximum Gasteiger partial charge on any atom is 0.324 e. The monoisotopic (exact) mass is 319 g/mol. The fourth-order valence-corrected chi connectivity index (χ4v) is 3.77. The largest absolute Gasteiger partial charge is 0.468 e. The molecule has 1 aromatic heterocycles. The van der Waals surface area contributed by atoms with Gasteiger partial charge in [-0.2, -0.15) is 4.31 Å². The second-order valence-corrected chi connectivity index (χ2v) is 6.57. The Balaban J connectivity index is 2.35. The number of methoxy groups -OCH3 is 1. The van der Waals surface area contributed by atoms with E-state index in [9.17, 15) is 13.2 Å². The van der Waals surface area contributed by atoms with Crippen LogP contribution in [0.25, 0.3) is 0 Å². The van der Waals surface area contributed by atoms with Crippen molar-refractivity contribution in [2.24, 2.45) is 0 Å². The number of rotatable bonds is 3. The van der Waals surface area contributed by atoms with Crippen LogP contribution in [0, 0.1) is 0 Å². The van der Waals surface area contributed by atoms with E-state index in [1.165, 1.54) is 7.11 Å². The summed E-state index contributed by atoms with van der Waals surface area (Å²) in [7, 11) is -2.59. The van der Waals surface area contributed by atoms with Gasteiger partial charge in [0.2, 0.25) is 15.3 Å². The molecule has 0 amide bonds. The number of ether oxygens (including phenoxy) is 1. The predicted octanol–water partition coefficient (Wildman–Crippen LogP) is 0.846. The van der Waals surface area contributed by atoms with Gasteiger partial charge in [0.15, 0.2) is 0 Å². The zero-order chi connectivity index (χ0) is 14.8. The molecule has 7 nitrogen and oxygen atoms in total. The summed E-state index contributed by atoms with van der Waals surface area (Å²) < 4.78 is 30.9. The van der Waals surface area contributed by atoms with Crippen molar-refractivity contribution >= 4 is 27.6 Å². The van der Waals surface area contributed by atoms with E-state index in [2.05, 4.69) is 14.7 Å². The number of esters is 1. The molecule has 1 aromatic rings. The van der Waals surface area contributed by atoms with Gasteiger partial charge in [-0.3, -0.25) is 4.79 Å². The first kappa shape index (κ1) is 15.1. The van der Waals surface area contributed by atoms with Crippen molar-refractivity contribution in [3.05, 3.63) is 17.7 Å². The number of nitrogens with zero attached hydrogens (tertiary/aromatic N) is 3. The third-order valence-electron chi connectivity index (χ3n) is 3.13. The van der Waals surface area contributed by atoms with Crippen LogP contribution in [0.5, 0.6) is 0 Å². The van der Waals surface area contributed by atoms with E-state index in [4.69, 9.17) is 11.6 Å². The number of hydrogen-bond acceptors (Lipinski definition) is 6. The van der Waals surface area contributed by atoms with E-state index in [1.54, 1.807) is 0 Å². The van der Waals surface area contributed by atoms with Crippen LogP contribution >= 0.6 is 11.6 Å². The van der Waals surface area contributed by atoms with Gasteiger partial charge in [0.25, 0.3) is 0 Å². The lowest BCUT2D eigenvalue weighted by atomic mass is 10.1. The van der Waals surface area contributed by atoms with Gasteiger partial charge in [-0.1, -0.05) is 0 Å². The van der Waals surface area contributed by atoms with Gasteiger partial charge in [0.05, 0.1) is 19.5 Å². The SMILES string of the molecule is COC(=O)C1CCCCN1S(=O)(=O)c1cnc(Cl)nc1. The summed E-state index contributed by atoms with van der Waals surface area (Å²) in [5.74, 6) is -0.553. The summed E-state index contributed by atoms with van der Waals surface area (Å²) in [6.07, 6.45) is 4.19. The molecule has 20 heavy (non-hydrogen) atoms. The molecule has 0 aromatic carbocycles. The van der Waals surface area contributed by atoms with Crippen molar-refractivity contribution < 1.29 is 17.9 Å². The van der Waals surface area contributed by atoms with Crippen LogP contribution in [0.1, 0.15) is 19.3 Å². The highest BCUT2D eigenvalue weighted by Gasteiger charge is 2.38. The fourth-order valence-electron chi connectivity index (χ4n) is 2.13. The van der Waals surface area contributed by atoms with E-state index >= 15 is 0 Å². The standard InChI is InChI=1S/C11H14ClN3O4S/c1-19-10(16)9-4-2-3-5-15(9)20(17,18)8-6-13-11(12)14-7-8/h6-7,9H,2-5H2,1H3. The highest BCUT2D eigenvalue weighted by atomic mass is 35.5. The molecule has 1 aliphatic heterocycles. The predicted molar refractivity (Wildman–Crippen MR) is 70.6 cm³/mol. The molecular weight excluding hydrogens is 306 g/mol. The van der Waals surface area contributed by atoms with Crippen LogP contribution in [-0.2, 0) is 19.6 Å². The zero-order valence-electron chi connectivity index (χ0n) is 10.8. The highest BCUT2D eigenvalue weighted by molar-refractivity contribution is 7.89. The van der Waals surface area contributed by atoms with E-state index in [0.29, 0.717) is 12.8 Å². The summed E-state index contributed by atoms with van der Waals surface area (Å²) in [4.78, 5) is 19.0. The first-order valence-corrected chi connectivity index (χ1v) is 7.86. The van der Waals surface area contributed by atoms with Crippen LogP contribution in [0.2, 0.25) is 5.28 Å². The number of hydrogen-bond donors (Lipinski definition) is 0. The van der Waals surface area contributed by atoms with Crippen LogP contribution < -0.4 is 0 Å². The maximum atomic E-state index is 12.5. The van der Waals surface area contributed by atoms with Crippen molar-refractivity contribution in [2.75, 3.05) is 13.7 Å². The average molecular weight is 320 g/mol. The van der Waals surface area contributed by atoms with E-state index < -0.39 is 22.0 Å². The molecule has 2 heterocycles. The molecule has 1 fully saturated rings. The minimum absolute atomic E-state index is 0.0351. The summed E-state index contributed by atoms with van der Waals surface area (Å²) in [5, 5.41) is -0.0351. The lowest BCUT2D eigenvalue weighted by Crippen LogP contribution is -2.48. The molecule has 1 saturated heterocycles. The Bertz CT molecular complexity index is 590. The van der Waals surface area contributed by atoms with Crippen LogP contribution in [0.3, 0.4) is 0 Å². The third kappa shape index (κ3) is 2.92. The van der Waals surface area contributed by atoms with E-state index in [1.807, 2.05) is 0 Å². The van der Waals surface area contributed by atoms with Crippen LogP contribution in [-0.4, -0.2) is 48.4 Å². The molecule has 0 bridgehead atoms. The van der Waals surface area contributed by atoms with Gasteiger partial charge in [0.1, 0.15) is 10.9 Å². The Hall–Kier alpha value is -1.25. The summed E-state index contributed by atoms with van der Waals surface area (Å²) >= 11 is 5.54. The molecule has 9 heteroatoms. The first-order chi connectivity index (χ1) is 9.46. The molecule has 2 rings (SSSR count). The number of aromatic nitrogens is 2. The summed E-state index contributed by atoms with van der Waals surface area (Å²) in [6.45, 7) is 0.269. The molecule has 1 aliphatic rings. The molecule has 0 spiro atoms. The van der Waals surface area contributed by atoms with Crippen molar-refractivity contribution in [1.82, 2.24) is 14.3 Å². The van der Waals surface area contributed by atoms with Crippen molar-refractivity contribution in [3.63, 3.8) is 0 Å². The lowest BCUT2D eigenvalue weighted by molar-refractivity contribution is -0.146. The minimum atomic E-state index is -3.83. The molecule has 1 atom stereocenters. The smallest absolute Gasteiger partial charge is 0.324 e. The molecule has 1 unspecified atom stereocenters. The first-order valence-electron chi connectivity index (χ1n) is 6.04. The molecular formula is C11H14ClN3O4S. The summed E-state index contributed by atoms with van der Waals surface area (Å²) in [5.41, 5.74) is 0. The Morgan fingerprint density at radius 3 is 2.65 bits per heavy atom. The third-order valence-corrected chi connectivity index (χ3v) is 5.19. The molecule has 0 aliphatic carbocycles. The Labute approximate surface area is 122 Å². The van der Waals surface area contributed by atoms with Crippen molar-refractivity contribution in [2.45, 2.75) is 30.2 Å². The fraction of sp³-hybridized carbons (Fsp3) is 0.545. The minimum Gasteiger partial charge on any atom is -0.468 e. The van der Waals surface area contributed by atoms with Crippen LogP contribution in [0.4, 0.5) is 0 Å². The second-order valence-electron chi connectivity index (χ2n) is 4.34. The van der Waals surface area contributed by atoms with Gasteiger partial charge < -0.3 is 4.74 Å². The number of piperidine rings is 1. The molecule has 0 saturated carbocycles. The number of carbonyl (C=O) groups is 1. The number of carbonyl (C=O) groups excluding carboxylic acids is 1. The van der Waals surface area contributed by atoms with Crippen LogP contribution in [0.15, 0.2) is 17.3 Å². The maximum absolute atomic E-state index is 12.5. The Morgan fingerprint density at radius 1 is 1.40 bits per heavy atom. The zero-order valence-corrected chi connectivity index (χ0v) is 12.4. The van der Waals surface area contributed by atoms with Gasteiger partial charge >= 0.3 is 5.97 Å². The molecule has 0 N–H and O–H groups in total. The highest BCUT2D eigenvalue weighted by Crippen LogP contribution is 2.25. The molecule has 110 valence electrons. The van der Waals surface area contributed by atoms with E-state index in [-0.39, 0.29) is 16.7 Å². The second kappa shape index (κ2) is 6.02. The number of sulfonamides is 1. The normalized spacial score (nSPS) is 20.6. The Kier molecular flexibility index (Phi) is 4.56. The molecule has 0 radical (unpaired) electrons. The van der Waals surface area contributed by atoms with Crippen molar-refractivity contribution in [3.8, 4) is 0 Å². The number of halogens is 1. The van der Waals surface area contributed by atoms with Crippen molar-refractivity contribution in [1.29, 1.82) is 0 Å². The Morgan fingerprint density at radius 2 is 2.05 bits per heavy atom. The summed E-state index contributed by atoms with van der Waals surface area (Å²) in [6, 6.07) is -0.797. The van der Waals surface area contributed by atoms with Gasteiger partial charge in [-0.15, -0.1) is 0 Å². The lowest BCUT2D eigenvalue weighted by Gasteiger charge is -2.32. The quantitative estimate of drug-likeness (QED) is 0.606. The average Bonchev–Trinajstić information content (AvgIpc) is 2.47. The topological polar surface area (TPSA) is 89.5 Å². The van der Waals surface area contributed by atoms with E-state index in [0.717, 1.165) is 23.1 Å².